The molecule has 0 atom stereocenters. The predicted molar refractivity (Wildman–Crippen MR) is 78.7 cm³/mol. The SMILES string of the molecule is O=C(CCN1CCOC1=O)N1CCN(C(=O)c2ccco2)CC1. The molecule has 8 heteroatoms. The van der Waals surface area contributed by atoms with Gasteiger partial charge in [0.15, 0.2) is 5.76 Å². The lowest BCUT2D eigenvalue weighted by Gasteiger charge is -2.34. The summed E-state index contributed by atoms with van der Waals surface area (Å²) >= 11 is 0. The molecule has 0 aliphatic carbocycles. The van der Waals surface area contributed by atoms with E-state index in [0.29, 0.717) is 51.6 Å². The highest BCUT2D eigenvalue weighted by Crippen LogP contribution is 2.11. The van der Waals surface area contributed by atoms with Gasteiger partial charge in [0, 0.05) is 39.1 Å². The Balaban J connectivity index is 1.44. The third-order valence-corrected chi connectivity index (χ3v) is 4.09. The fourth-order valence-corrected chi connectivity index (χ4v) is 2.73. The highest BCUT2D eigenvalue weighted by Gasteiger charge is 2.27. The zero-order valence-electron chi connectivity index (χ0n) is 12.8. The molecule has 0 unspecified atom stereocenters. The molecule has 8 nitrogen and oxygen atoms in total. The molecule has 0 spiro atoms. The van der Waals surface area contributed by atoms with E-state index in [1.54, 1.807) is 21.9 Å². The smallest absolute Gasteiger partial charge is 0.409 e. The number of carbonyl (C=O) groups excluding carboxylic acids is 3. The van der Waals surface area contributed by atoms with Gasteiger partial charge in [0.25, 0.3) is 5.91 Å². The van der Waals surface area contributed by atoms with Crippen LogP contribution >= 0.6 is 0 Å². The largest absolute Gasteiger partial charge is 0.459 e. The number of furan rings is 1. The van der Waals surface area contributed by atoms with Gasteiger partial charge in [0.1, 0.15) is 6.61 Å². The van der Waals surface area contributed by atoms with E-state index in [1.165, 1.54) is 11.2 Å². The zero-order chi connectivity index (χ0) is 16.2. The van der Waals surface area contributed by atoms with Gasteiger partial charge in [-0.25, -0.2) is 4.79 Å². The van der Waals surface area contributed by atoms with Crippen LogP contribution in [0.5, 0.6) is 0 Å². The number of cyclic esters (lactones) is 1. The maximum absolute atomic E-state index is 12.2. The normalized spacial score (nSPS) is 18.3. The predicted octanol–water partition coefficient (Wildman–Crippen LogP) is 0.406. The van der Waals surface area contributed by atoms with Crippen molar-refractivity contribution in [3.05, 3.63) is 24.2 Å². The number of hydrogen-bond donors (Lipinski definition) is 0. The lowest BCUT2D eigenvalue weighted by Crippen LogP contribution is -2.51. The maximum atomic E-state index is 12.2. The Morgan fingerprint density at radius 3 is 2.43 bits per heavy atom. The van der Waals surface area contributed by atoms with Gasteiger partial charge in [-0.1, -0.05) is 0 Å². The topological polar surface area (TPSA) is 83.3 Å². The molecule has 2 aliphatic rings. The van der Waals surface area contributed by atoms with E-state index in [9.17, 15) is 14.4 Å². The van der Waals surface area contributed by atoms with Gasteiger partial charge in [0.05, 0.1) is 12.8 Å². The number of carbonyl (C=O) groups is 3. The first-order valence-electron chi connectivity index (χ1n) is 7.67. The summed E-state index contributed by atoms with van der Waals surface area (Å²) in [5.41, 5.74) is 0. The molecule has 2 aliphatic heterocycles. The van der Waals surface area contributed by atoms with E-state index in [-0.39, 0.29) is 24.3 Å². The lowest BCUT2D eigenvalue weighted by molar-refractivity contribution is -0.132. The standard InChI is InChI=1S/C15H19N3O5/c19-13(3-4-18-9-11-23-15(18)21)16-5-7-17(8-6-16)14(20)12-2-1-10-22-12/h1-2,10H,3-9,11H2. The van der Waals surface area contributed by atoms with Crippen LogP contribution in [0.1, 0.15) is 17.0 Å². The van der Waals surface area contributed by atoms with Crippen LogP contribution in [0, 0.1) is 0 Å². The Bertz CT molecular complexity index is 578. The van der Waals surface area contributed by atoms with Crippen LogP contribution in [-0.4, -0.2) is 78.5 Å². The van der Waals surface area contributed by atoms with Gasteiger partial charge in [-0.2, -0.15) is 0 Å². The number of rotatable bonds is 4. The molecule has 23 heavy (non-hydrogen) atoms. The second kappa shape index (κ2) is 6.72. The molecule has 0 aromatic carbocycles. The summed E-state index contributed by atoms with van der Waals surface area (Å²) in [6.45, 7) is 3.26. The molecular formula is C15H19N3O5. The van der Waals surface area contributed by atoms with Gasteiger partial charge in [-0.05, 0) is 12.1 Å². The zero-order valence-corrected chi connectivity index (χ0v) is 12.8. The van der Waals surface area contributed by atoms with Crippen LogP contribution in [0.4, 0.5) is 4.79 Å². The molecule has 2 saturated heterocycles. The molecule has 1 aromatic heterocycles. The minimum Gasteiger partial charge on any atom is -0.459 e. The van der Waals surface area contributed by atoms with Crippen molar-refractivity contribution in [3.8, 4) is 0 Å². The van der Waals surface area contributed by atoms with Crippen molar-refractivity contribution in [2.75, 3.05) is 45.9 Å². The van der Waals surface area contributed by atoms with Gasteiger partial charge in [0.2, 0.25) is 5.91 Å². The third kappa shape index (κ3) is 3.46. The fourth-order valence-electron chi connectivity index (χ4n) is 2.73. The molecule has 2 fully saturated rings. The maximum Gasteiger partial charge on any atom is 0.409 e. The van der Waals surface area contributed by atoms with E-state index in [1.807, 2.05) is 0 Å². The van der Waals surface area contributed by atoms with Crippen LogP contribution in [0.25, 0.3) is 0 Å². The van der Waals surface area contributed by atoms with Gasteiger partial charge >= 0.3 is 6.09 Å². The van der Waals surface area contributed by atoms with Crippen molar-refractivity contribution in [2.24, 2.45) is 0 Å². The quantitative estimate of drug-likeness (QED) is 0.802. The van der Waals surface area contributed by atoms with Crippen molar-refractivity contribution in [1.82, 2.24) is 14.7 Å². The van der Waals surface area contributed by atoms with Gasteiger partial charge in [-0.15, -0.1) is 0 Å². The highest BCUT2D eigenvalue weighted by molar-refractivity contribution is 5.91. The Kier molecular flexibility index (Phi) is 4.50. The third-order valence-electron chi connectivity index (χ3n) is 4.09. The fraction of sp³-hybridized carbons (Fsp3) is 0.533. The number of amides is 3. The molecule has 3 rings (SSSR count). The number of piperazine rings is 1. The molecule has 1 aromatic rings. The van der Waals surface area contributed by atoms with E-state index in [2.05, 4.69) is 0 Å². The van der Waals surface area contributed by atoms with Crippen molar-refractivity contribution in [2.45, 2.75) is 6.42 Å². The van der Waals surface area contributed by atoms with Gasteiger partial charge in [-0.3, -0.25) is 9.59 Å². The lowest BCUT2D eigenvalue weighted by atomic mass is 10.2. The molecule has 124 valence electrons. The van der Waals surface area contributed by atoms with Crippen LogP contribution in [-0.2, 0) is 9.53 Å². The first kappa shape index (κ1) is 15.4. The van der Waals surface area contributed by atoms with E-state index >= 15 is 0 Å². The summed E-state index contributed by atoms with van der Waals surface area (Å²) in [5, 5.41) is 0. The van der Waals surface area contributed by atoms with Gasteiger partial charge < -0.3 is 23.9 Å². The van der Waals surface area contributed by atoms with Crippen LogP contribution < -0.4 is 0 Å². The van der Waals surface area contributed by atoms with Crippen LogP contribution in [0.3, 0.4) is 0 Å². The molecule has 3 heterocycles. The monoisotopic (exact) mass is 321 g/mol. The van der Waals surface area contributed by atoms with Crippen molar-refractivity contribution >= 4 is 17.9 Å². The highest BCUT2D eigenvalue weighted by atomic mass is 16.6. The van der Waals surface area contributed by atoms with E-state index < -0.39 is 0 Å². The molecule has 3 amide bonds. The first-order valence-corrected chi connectivity index (χ1v) is 7.67. The molecule has 0 bridgehead atoms. The summed E-state index contributed by atoms with van der Waals surface area (Å²) < 4.78 is 9.94. The van der Waals surface area contributed by atoms with Crippen molar-refractivity contribution in [1.29, 1.82) is 0 Å². The average Bonchev–Trinajstić information content (AvgIpc) is 3.24. The summed E-state index contributed by atoms with van der Waals surface area (Å²) in [6, 6.07) is 3.31. The Hall–Kier alpha value is -2.51. The van der Waals surface area contributed by atoms with Crippen LogP contribution in [0.15, 0.2) is 22.8 Å². The Morgan fingerprint density at radius 2 is 1.83 bits per heavy atom. The minimum atomic E-state index is -0.355. The van der Waals surface area contributed by atoms with E-state index in [0.717, 1.165) is 0 Å². The first-order chi connectivity index (χ1) is 11.1. The minimum absolute atomic E-state index is 0.00482. The molecule has 0 radical (unpaired) electrons. The van der Waals surface area contributed by atoms with Crippen LogP contribution in [0.2, 0.25) is 0 Å². The Labute approximate surface area is 133 Å². The molecule has 0 saturated carbocycles. The summed E-state index contributed by atoms with van der Waals surface area (Å²) in [6.07, 6.45) is 1.39. The van der Waals surface area contributed by atoms with Crippen molar-refractivity contribution in [3.63, 3.8) is 0 Å². The second-order valence-electron chi connectivity index (χ2n) is 5.50. The molecule has 0 N–H and O–H groups in total. The summed E-state index contributed by atoms with van der Waals surface area (Å²) in [4.78, 5) is 40.6. The number of hydrogen-bond acceptors (Lipinski definition) is 5. The summed E-state index contributed by atoms with van der Waals surface area (Å²) in [7, 11) is 0. The number of ether oxygens (including phenoxy) is 1. The molecular weight excluding hydrogens is 302 g/mol. The second-order valence-corrected chi connectivity index (χ2v) is 5.50. The summed E-state index contributed by atoms with van der Waals surface area (Å²) in [5.74, 6) is 0.161. The van der Waals surface area contributed by atoms with Crippen molar-refractivity contribution < 1.29 is 23.5 Å². The Morgan fingerprint density at radius 1 is 1.09 bits per heavy atom. The average molecular weight is 321 g/mol. The number of nitrogens with zero attached hydrogens (tertiary/aromatic N) is 3. The van der Waals surface area contributed by atoms with E-state index in [4.69, 9.17) is 9.15 Å².